The largest absolute Gasteiger partial charge is 0.508 e. The fourth-order valence-electron chi connectivity index (χ4n) is 7.18. The number of nitrogens with zero attached hydrogens (tertiary/aromatic N) is 1. The van der Waals surface area contributed by atoms with E-state index in [1.807, 2.05) is 17.8 Å². The van der Waals surface area contributed by atoms with Gasteiger partial charge in [0.2, 0.25) is 0 Å². The van der Waals surface area contributed by atoms with E-state index in [0.29, 0.717) is 11.8 Å². The van der Waals surface area contributed by atoms with Crippen molar-refractivity contribution < 1.29 is 14.3 Å². The molecule has 50 heavy (non-hydrogen) atoms. The molecule has 2 aromatic heterocycles. The number of rotatable bonds is 6. The van der Waals surface area contributed by atoms with E-state index >= 15 is 0 Å². The van der Waals surface area contributed by atoms with Crippen molar-refractivity contribution in [1.82, 2.24) is 4.98 Å². The maximum Gasteiger partial charge on any atom is 0.339 e. The van der Waals surface area contributed by atoms with E-state index in [0.717, 1.165) is 42.9 Å². The Hall–Kier alpha value is -5.33. The van der Waals surface area contributed by atoms with Crippen molar-refractivity contribution in [3.63, 3.8) is 0 Å². The van der Waals surface area contributed by atoms with Crippen LogP contribution in [0.2, 0.25) is 0 Å². The van der Waals surface area contributed by atoms with Crippen molar-refractivity contribution in [2.45, 2.75) is 53.7 Å². The van der Waals surface area contributed by atoms with Gasteiger partial charge < -0.3 is 14.3 Å². The van der Waals surface area contributed by atoms with Crippen molar-refractivity contribution in [2.75, 3.05) is 7.11 Å². The molecule has 1 atom stereocenters. The summed E-state index contributed by atoms with van der Waals surface area (Å²) in [5.41, 5.74) is 11.8. The minimum atomic E-state index is -0.537. The van der Waals surface area contributed by atoms with Crippen LogP contribution in [0.1, 0.15) is 64.6 Å². The molecule has 1 N–H and O–H groups in total. The van der Waals surface area contributed by atoms with Crippen LogP contribution >= 0.6 is 11.8 Å². The highest BCUT2D eigenvalue weighted by Gasteiger charge is 2.30. The molecule has 5 nitrogen and oxygen atoms in total. The number of aromatic hydroxyl groups is 1. The number of para-hydroxylation sites is 1. The molecule has 2 heterocycles. The summed E-state index contributed by atoms with van der Waals surface area (Å²) in [6.07, 6.45) is 16.4. The standard InChI is InChI=1S/C39H33NOS.C5H4O3/c1-41-28-10-8-11-29(24-28)42-39-34-15-6-7-16-37(34)40-38(26-17-18-26)35(39)22-20-27-23-36-30-12-3-2-9-25(30)19-21-33(36)32-14-5-4-13-31(27)32;6-4-1-2-8-5(7)3-4/h2,4-11,13-16,19-22,24,26-27H,3,12,17-18,23H2,1H3;1-3,6H/b22-20+;. The summed E-state index contributed by atoms with van der Waals surface area (Å²) < 4.78 is 9.86. The molecule has 6 heteroatoms. The normalized spacial score (nSPS) is 15.9. The lowest BCUT2D eigenvalue weighted by molar-refractivity contribution is 0.413. The molecule has 0 spiro atoms. The zero-order chi connectivity index (χ0) is 34.0. The molecule has 0 amide bonds. The van der Waals surface area contributed by atoms with E-state index in [2.05, 4.69) is 108 Å². The Morgan fingerprint density at radius 2 is 1.78 bits per heavy atom. The molecular weight excluding hydrogens is 639 g/mol. The van der Waals surface area contributed by atoms with Gasteiger partial charge in [-0.1, -0.05) is 96.7 Å². The van der Waals surface area contributed by atoms with E-state index in [9.17, 15) is 4.79 Å². The SMILES string of the molecule is COc1cccc(Sc2c(/C=C/C3Cc4c(ccc5c4CCC=C5)-c4ccccc43)c(C3CC3)nc3ccccc23)c1.O=c1cc(O)cco1. The molecule has 1 unspecified atom stereocenters. The Labute approximate surface area is 296 Å². The molecule has 0 aliphatic heterocycles. The summed E-state index contributed by atoms with van der Waals surface area (Å²) in [6, 6.07) is 33.0. The Bertz CT molecular complexity index is 2330. The second-order valence-corrected chi connectivity index (χ2v) is 14.1. The van der Waals surface area contributed by atoms with Gasteiger partial charge >= 0.3 is 5.63 Å². The van der Waals surface area contributed by atoms with Crippen LogP contribution in [-0.4, -0.2) is 17.2 Å². The van der Waals surface area contributed by atoms with Crippen LogP contribution in [0.3, 0.4) is 0 Å². The summed E-state index contributed by atoms with van der Waals surface area (Å²) in [5, 5.41) is 9.77. The van der Waals surface area contributed by atoms with Crippen LogP contribution in [0.5, 0.6) is 11.5 Å². The Balaban J connectivity index is 0.000000400. The number of allylic oxidation sites excluding steroid dienone is 2. The number of fused-ring (bicyclic) bond motifs is 6. The third-order valence-electron chi connectivity index (χ3n) is 9.72. The molecule has 1 saturated carbocycles. The smallest absolute Gasteiger partial charge is 0.339 e. The number of pyridine rings is 1. The first kappa shape index (κ1) is 31.9. The predicted molar refractivity (Wildman–Crippen MR) is 202 cm³/mol. The summed E-state index contributed by atoms with van der Waals surface area (Å²) in [6.45, 7) is 0. The predicted octanol–water partition coefficient (Wildman–Crippen LogP) is 10.6. The van der Waals surface area contributed by atoms with Crippen LogP contribution in [-0.2, 0) is 12.8 Å². The second-order valence-electron chi connectivity index (χ2n) is 13.0. The fourth-order valence-corrected chi connectivity index (χ4v) is 8.30. The highest BCUT2D eigenvalue weighted by molar-refractivity contribution is 7.99. The van der Waals surface area contributed by atoms with Gasteiger partial charge in [0.25, 0.3) is 0 Å². The average Bonchev–Trinajstić information content (AvgIpc) is 4.00. The average molecular weight is 676 g/mol. The molecule has 1 fully saturated rings. The molecule has 0 saturated heterocycles. The number of benzene rings is 4. The lowest BCUT2D eigenvalue weighted by Gasteiger charge is -2.29. The van der Waals surface area contributed by atoms with Gasteiger partial charge in [-0.3, -0.25) is 4.98 Å². The van der Waals surface area contributed by atoms with E-state index in [-0.39, 0.29) is 5.75 Å². The first-order chi connectivity index (χ1) is 24.6. The lowest BCUT2D eigenvalue weighted by Crippen LogP contribution is -2.13. The number of ether oxygens (including phenoxy) is 1. The van der Waals surface area contributed by atoms with Crippen molar-refractivity contribution in [3.8, 4) is 22.6 Å². The second kappa shape index (κ2) is 13.9. The minimum Gasteiger partial charge on any atom is -0.508 e. The Morgan fingerprint density at radius 3 is 2.60 bits per heavy atom. The first-order valence-electron chi connectivity index (χ1n) is 17.2. The quantitative estimate of drug-likeness (QED) is 0.189. The molecule has 9 rings (SSSR count). The maximum atomic E-state index is 10.2. The van der Waals surface area contributed by atoms with E-state index < -0.39 is 5.63 Å². The zero-order valence-corrected chi connectivity index (χ0v) is 28.7. The summed E-state index contributed by atoms with van der Waals surface area (Å²) >= 11 is 1.83. The van der Waals surface area contributed by atoms with Crippen LogP contribution in [0.15, 0.2) is 134 Å². The Morgan fingerprint density at radius 1 is 0.920 bits per heavy atom. The third-order valence-corrected chi connectivity index (χ3v) is 10.9. The van der Waals surface area contributed by atoms with Gasteiger partial charge in [0, 0.05) is 38.6 Å². The molecule has 248 valence electrons. The summed E-state index contributed by atoms with van der Waals surface area (Å²) in [4.78, 5) is 17.9. The zero-order valence-electron chi connectivity index (χ0n) is 27.8. The van der Waals surface area contributed by atoms with Crippen LogP contribution in [0.4, 0.5) is 0 Å². The van der Waals surface area contributed by atoms with Crippen LogP contribution in [0.25, 0.3) is 34.2 Å². The highest BCUT2D eigenvalue weighted by Crippen LogP contribution is 2.48. The maximum absolute atomic E-state index is 10.2. The van der Waals surface area contributed by atoms with E-state index in [4.69, 9.17) is 14.8 Å². The monoisotopic (exact) mass is 675 g/mol. The van der Waals surface area contributed by atoms with Gasteiger partial charge in [0.1, 0.15) is 11.5 Å². The van der Waals surface area contributed by atoms with Gasteiger partial charge in [0.05, 0.1) is 30.6 Å². The number of hydrogen-bond donors (Lipinski definition) is 1. The van der Waals surface area contributed by atoms with Crippen molar-refractivity contribution in [2.24, 2.45) is 0 Å². The van der Waals surface area contributed by atoms with Crippen molar-refractivity contribution in [3.05, 3.63) is 159 Å². The Kier molecular flexibility index (Phi) is 8.86. The van der Waals surface area contributed by atoms with E-state index in [1.165, 1.54) is 73.2 Å². The van der Waals surface area contributed by atoms with Gasteiger partial charge in [0.15, 0.2) is 0 Å². The van der Waals surface area contributed by atoms with Gasteiger partial charge in [-0.05, 0) is 89.8 Å². The highest BCUT2D eigenvalue weighted by atomic mass is 32.2. The van der Waals surface area contributed by atoms with Gasteiger partial charge in [-0.15, -0.1) is 0 Å². The van der Waals surface area contributed by atoms with Gasteiger partial charge in [-0.2, -0.15) is 0 Å². The molecule has 6 aromatic rings. The molecular formula is C44H37NO4S. The lowest BCUT2D eigenvalue weighted by atomic mass is 9.74. The van der Waals surface area contributed by atoms with Crippen molar-refractivity contribution >= 4 is 34.8 Å². The number of aromatic nitrogens is 1. The summed E-state index contributed by atoms with van der Waals surface area (Å²) in [5.74, 6) is 1.67. The molecule has 0 radical (unpaired) electrons. The molecule has 0 bridgehead atoms. The van der Waals surface area contributed by atoms with Gasteiger partial charge in [-0.25, -0.2) is 4.79 Å². The first-order valence-corrected chi connectivity index (χ1v) is 18.0. The fraction of sp³-hybridized carbons (Fsp3) is 0.182. The van der Waals surface area contributed by atoms with Crippen LogP contribution < -0.4 is 10.4 Å². The minimum absolute atomic E-state index is 0.0683. The topological polar surface area (TPSA) is 72.6 Å². The summed E-state index contributed by atoms with van der Waals surface area (Å²) in [7, 11) is 1.73. The number of methoxy groups -OCH3 is 1. The number of hydrogen-bond acceptors (Lipinski definition) is 6. The molecule has 3 aliphatic rings. The third kappa shape index (κ3) is 6.51. The van der Waals surface area contributed by atoms with Crippen LogP contribution in [0, 0.1) is 0 Å². The van der Waals surface area contributed by atoms with Crippen molar-refractivity contribution in [1.29, 1.82) is 0 Å². The molecule has 4 aromatic carbocycles. The molecule has 3 aliphatic carbocycles. The van der Waals surface area contributed by atoms with E-state index in [1.54, 1.807) is 12.7 Å².